The van der Waals surface area contributed by atoms with Gasteiger partial charge in [-0.1, -0.05) is 20.5 Å². The van der Waals surface area contributed by atoms with E-state index < -0.39 is 18.0 Å². The molecule has 0 aromatic carbocycles. The number of hydrogen-bond acceptors (Lipinski definition) is 11. The first-order valence-electron chi connectivity index (χ1n) is 12.9. The Balaban J connectivity index is -0.0000000235. The number of nitriles is 1. The first-order chi connectivity index (χ1) is 21.0. The Morgan fingerprint density at radius 3 is 0.978 bits per heavy atom. The fourth-order valence-corrected chi connectivity index (χ4v) is 0. The summed E-state index contributed by atoms with van der Waals surface area (Å²) in [4.78, 5) is 13.2. The monoisotopic (exact) mass is 897 g/mol. The van der Waals surface area contributed by atoms with Crippen molar-refractivity contribution in [2.24, 2.45) is 4.99 Å². The van der Waals surface area contributed by atoms with E-state index in [2.05, 4.69) is 114 Å². The fourth-order valence-electron chi connectivity index (χ4n) is 0. The molecule has 0 aromatic heterocycles. The number of nitrogens with zero attached hydrogens (tertiary/aromatic N) is 3. The molecule has 0 spiro atoms. The zero-order chi connectivity index (χ0) is 41.2. The summed E-state index contributed by atoms with van der Waals surface area (Å²) in [7, 11) is 16.0. The number of carbonyl (C=O) groups is 1. The van der Waals surface area contributed by atoms with Crippen molar-refractivity contribution in [3.05, 3.63) is 0 Å². The van der Waals surface area contributed by atoms with Crippen molar-refractivity contribution in [3.63, 3.8) is 0 Å². The average molecular weight is 896 g/mol. The van der Waals surface area contributed by atoms with Crippen LogP contribution in [0.5, 0.6) is 0 Å². The van der Waals surface area contributed by atoms with E-state index in [4.69, 9.17) is 10.1 Å². The molecule has 0 aliphatic heterocycles. The van der Waals surface area contributed by atoms with Crippen molar-refractivity contribution in [3.8, 4) is 6.57 Å². The number of hydrogen-bond donors (Lipinski definition) is 0. The summed E-state index contributed by atoms with van der Waals surface area (Å²) in [6, 6.07) is 0. The second-order valence-electron chi connectivity index (χ2n) is 9.48. The van der Waals surface area contributed by atoms with Crippen LogP contribution in [0.1, 0.15) is 0 Å². The number of thioether (sulfide) groups is 1. The predicted octanol–water partition coefficient (Wildman–Crippen LogP) is 7.67. The molecule has 0 radical (unpaired) electrons. The molecule has 0 saturated carbocycles. The molecule has 0 heterocycles. The van der Waals surface area contributed by atoms with Crippen LogP contribution in [0.2, 0.25) is 37.9 Å². The molecule has 0 N–H and O–H groups in total. The van der Waals surface area contributed by atoms with Gasteiger partial charge in [0.05, 0.1) is 14.2 Å². The summed E-state index contributed by atoms with van der Waals surface area (Å²) < 4.78 is 27.2. The van der Waals surface area contributed by atoms with Gasteiger partial charge >= 0.3 is 58.6 Å². The van der Waals surface area contributed by atoms with Crippen LogP contribution in [0.3, 0.4) is 0 Å². The molecule has 46 heavy (non-hydrogen) atoms. The topological polar surface area (TPSA) is 110 Å². The van der Waals surface area contributed by atoms with Gasteiger partial charge in [0.25, 0.3) is 0 Å². The Morgan fingerprint density at radius 1 is 0.913 bits per heavy atom. The summed E-state index contributed by atoms with van der Waals surface area (Å²) in [5.74, 6) is 6.40. The fraction of sp³-hybridized carbons (Fsp3) is 0.862. The molecule has 0 saturated heterocycles. The number of ether oxygens (including phenoxy) is 1. The van der Waals surface area contributed by atoms with E-state index in [1.807, 2.05) is 57.4 Å². The van der Waals surface area contributed by atoms with E-state index >= 15 is 0 Å². The molecule has 0 aromatic rings. The average Bonchev–Trinajstić information content (AvgIpc) is 2.91. The molecule has 0 aliphatic carbocycles. The van der Waals surface area contributed by atoms with Crippen molar-refractivity contribution < 1.29 is 25.9 Å². The Hall–Kier alpha value is 1.31. The van der Waals surface area contributed by atoms with Crippen LogP contribution in [0.4, 0.5) is 0 Å². The maximum atomic E-state index is 9.70. The third-order valence-corrected chi connectivity index (χ3v) is 2.07. The number of aliphatic imine (C=N–C) groups is 1. The van der Waals surface area contributed by atoms with Crippen LogP contribution in [0, 0.1) is 11.8 Å². The molecule has 0 amide bonds. The van der Waals surface area contributed by atoms with E-state index in [9.17, 15) is 4.21 Å². The molecule has 1 atom stereocenters. The van der Waals surface area contributed by atoms with E-state index in [1.54, 1.807) is 47.2 Å². The molecule has 0 aliphatic rings. The zero-order valence-electron chi connectivity index (χ0n) is 35.0. The van der Waals surface area contributed by atoms with E-state index in [0.717, 1.165) is 21.7 Å². The first-order valence-corrected chi connectivity index (χ1v) is 29.1. The van der Waals surface area contributed by atoms with Crippen LogP contribution < -0.4 is 0 Å². The molecular formula is C29H82BN3O6P2S3Se2. The van der Waals surface area contributed by atoms with Crippen LogP contribution in [0.25, 0.3) is 0 Å². The van der Waals surface area contributed by atoms with Gasteiger partial charge in [0.2, 0.25) is 0 Å². The molecule has 0 rings (SSSR count). The number of methoxy groups -OCH3 is 1. The Labute approximate surface area is 318 Å². The van der Waals surface area contributed by atoms with Gasteiger partial charge in [0.15, 0.2) is 11.1 Å². The quantitative estimate of drug-likeness (QED) is 0.121. The van der Waals surface area contributed by atoms with Gasteiger partial charge in [-0.25, -0.2) is 9.47 Å². The third kappa shape index (κ3) is 3150. The van der Waals surface area contributed by atoms with Gasteiger partial charge in [0, 0.05) is 40.4 Å². The van der Waals surface area contributed by atoms with Crippen LogP contribution >= 0.6 is 38.6 Å². The van der Waals surface area contributed by atoms with Crippen LogP contribution in [0.15, 0.2) is 4.99 Å². The van der Waals surface area contributed by atoms with Gasteiger partial charge < -0.3 is 23.6 Å². The van der Waals surface area contributed by atoms with Gasteiger partial charge in [-0.05, 0) is 92.4 Å². The summed E-state index contributed by atoms with van der Waals surface area (Å²) >= 11 is 3.33. The summed E-state index contributed by atoms with van der Waals surface area (Å²) in [5, 5.41) is 6.50. The SMILES string of the molecule is C#N.C=NC.C=O.C=P(C)(C)C.CB(C)C.CN(C)C.COC.COS(C)=O.COSC.CO[Se]C.CP(C)C.CSC.C[Se]C. The molecule has 0 bridgehead atoms. The van der Waals surface area contributed by atoms with Gasteiger partial charge in [-0.15, -0.1) is 21.1 Å². The van der Waals surface area contributed by atoms with Crippen molar-refractivity contribution >= 4 is 106 Å². The molecule has 9 nitrogen and oxygen atoms in total. The standard InChI is InChI=1S/C4H11P.C3H9B.C3H9N.C3H9P.C2H5N.C2H6O2S.C2H6OS.C2H6OSe.C2H6O.C2H6S.C2H6Se.CHN.CH2O/c1-5(2,3)4;3*1-4(2)3;1-3-2;1-4-5(2)3;2*1-3-4-2;3*1-3-2;2*1-2/h1H2,2-4H3;3*1-3H3;1H2,2H3;1-2H3;2*1-2H3;3*1-2H3;1H;1H2. The first kappa shape index (κ1) is 86.2. The van der Waals surface area contributed by atoms with Crippen LogP contribution in [-0.4, -0.2) is 195 Å². The van der Waals surface area contributed by atoms with Gasteiger partial charge in [-0.2, -0.15) is 11.8 Å². The molecule has 1 unspecified atom stereocenters. The van der Waals surface area contributed by atoms with Gasteiger partial charge in [-0.3, -0.25) is 4.18 Å². The molecule has 0 fully saturated rings. The maximum absolute atomic E-state index is 9.70. The number of carbonyl (C=O) groups excluding carboxylic acids is 1. The molecule has 17 heteroatoms. The summed E-state index contributed by atoms with van der Waals surface area (Å²) in [5.41, 5.74) is 0. The normalized spacial score (nSPS) is 7.93. The molecule has 292 valence electrons. The summed E-state index contributed by atoms with van der Waals surface area (Å²) in [6.45, 7) is 28.6. The Morgan fingerprint density at radius 2 is 0.978 bits per heavy atom. The third-order valence-electron chi connectivity index (χ3n) is 0.568. The predicted molar refractivity (Wildman–Crippen MR) is 239 cm³/mol. The summed E-state index contributed by atoms with van der Waals surface area (Å²) in [6.07, 6.45) is 11.3. The minimum atomic E-state index is -1.07. The Kier molecular flexibility index (Phi) is 222. The zero-order valence-corrected chi connectivity index (χ0v) is 42.7. The van der Waals surface area contributed by atoms with E-state index in [1.165, 1.54) is 25.4 Å². The second-order valence-corrected chi connectivity index (χ2v) is 22.5. The van der Waals surface area contributed by atoms with Crippen LogP contribution in [-0.2, 0) is 32.8 Å². The van der Waals surface area contributed by atoms with Crippen molar-refractivity contribution in [1.82, 2.24) is 4.90 Å². The Bertz CT molecular complexity index is 438. The molecular weight excluding hydrogens is 813 g/mol. The van der Waals surface area contributed by atoms with Gasteiger partial charge in [0.1, 0.15) is 13.5 Å². The van der Waals surface area contributed by atoms with Crippen molar-refractivity contribution in [2.75, 3.05) is 129 Å². The minimum absolute atomic E-state index is 0.380. The van der Waals surface area contributed by atoms with Crippen molar-refractivity contribution in [2.45, 2.75) is 37.9 Å². The van der Waals surface area contributed by atoms with E-state index in [-0.39, 0.29) is 0 Å². The van der Waals surface area contributed by atoms with E-state index in [0.29, 0.717) is 23.2 Å². The second kappa shape index (κ2) is 119. The number of rotatable bonds is 3. The van der Waals surface area contributed by atoms with Crippen molar-refractivity contribution in [1.29, 1.82) is 5.26 Å².